The molecule has 0 radical (unpaired) electrons. The van der Waals surface area contributed by atoms with Crippen molar-refractivity contribution in [2.75, 3.05) is 0 Å². The van der Waals surface area contributed by atoms with Gasteiger partial charge in [0.05, 0.1) is 0 Å². The van der Waals surface area contributed by atoms with E-state index in [2.05, 4.69) is 0 Å². The monoisotopic (exact) mass is 207 g/mol. The average molecular weight is 207 g/mol. The number of fused-ring (bicyclic) bond motifs is 1. The molecule has 15 heavy (non-hydrogen) atoms. The number of para-hydroxylation sites is 1. The van der Waals surface area contributed by atoms with Gasteiger partial charge in [-0.2, -0.15) is 0 Å². The molecule has 3 N–H and O–H groups in total. The van der Waals surface area contributed by atoms with Gasteiger partial charge in [-0.15, -0.1) is 0 Å². The molecule has 1 heterocycles. The molecular weight excluding hydrogens is 194 g/mol. The van der Waals surface area contributed by atoms with Crippen molar-refractivity contribution < 1.29 is 15.4 Å². The number of aromatic nitrogens is 1. The van der Waals surface area contributed by atoms with Crippen molar-refractivity contribution in [3.8, 4) is 0 Å². The minimum absolute atomic E-state index is 0. The van der Waals surface area contributed by atoms with Gasteiger partial charge in [-0.05, 0) is 24.4 Å². The summed E-state index contributed by atoms with van der Waals surface area (Å²) in [7, 11) is 0. The van der Waals surface area contributed by atoms with Crippen LogP contribution in [0.1, 0.15) is 5.69 Å². The Kier molecular flexibility index (Phi) is 3.11. The van der Waals surface area contributed by atoms with Gasteiger partial charge in [0.15, 0.2) is 0 Å². The van der Waals surface area contributed by atoms with Gasteiger partial charge in [-0.25, -0.2) is 0 Å². The average Bonchev–Trinajstić information content (AvgIpc) is 2.43. The van der Waals surface area contributed by atoms with E-state index in [0.29, 0.717) is 0 Å². The zero-order valence-corrected chi connectivity index (χ0v) is 8.40. The Morgan fingerprint density at radius 2 is 2.07 bits per heavy atom. The fraction of sp³-hybridized carbons (Fsp3) is 0.182. The molecule has 0 aliphatic carbocycles. The van der Waals surface area contributed by atoms with Crippen LogP contribution in [0.3, 0.4) is 0 Å². The van der Waals surface area contributed by atoms with E-state index in [9.17, 15) is 4.79 Å². The van der Waals surface area contributed by atoms with Crippen molar-refractivity contribution in [1.82, 2.24) is 4.57 Å². The van der Waals surface area contributed by atoms with Crippen LogP contribution >= 0.6 is 0 Å². The van der Waals surface area contributed by atoms with Crippen molar-refractivity contribution in [1.29, 1.82) is 0 Å². The second kappa shape index (κ2) is 4.14. The standard InChI is InChI=1S/C11H11NO2.H2O/c1-8-6-9-4-2-3-5-10(9)12(8)7-11(13)14;/h2-6H,7H2,1H3,(H,13,14);1H2. The highest BCUT2D eigenvalue weighted by molar-refractivity contribution is 5.82. The zero-order chi connectivity index (χ0) is 10.1. The van der Waals surface area contributed by atoms with Gasteiger partial charge in [0.1, 0.15) is 6.54 Å². The summed E-state index contributed by atoms with van der Waals surface area (Å²) in [5, 5.41) is 9.84. The van der Waals surface area contributed by atoms with Gasteiger partial charge in [0.2, 0.25) is 0 Å². The topological polar surface area (TPSA) is 73.7 Å². The fourth-order valence-electron chi connectivity index (χ4n) is 1.69. The van der Waals surface area contributed by atoms with Crippen LogP contribution in [0, 0.1) is 6.92 Å². The van der Waals surface area contributed by atoms with Crippen LogP contribution in [0.15, 0.2) is 30.3 Å². The molecule has 1 aromatic heterocycles. The van der Waals surface area contributed by atoms with Crippen LogP contribution in [-0.4, -0.2) is 21.1 Å². The Morgan fingerprint density at radius 1 is 1.40 bits per heavy atom. The molecule has 1 aromatic carbocycles. The molecule has 0 spiro atoms. The Bertz CT molecular complexity index is 488. The molecule has 2 aromatic rings. The summed E-state index contributed by atoms with van der Waals surface area (Å²) in [5.41, 5.74) is 1.96. The van der Waals surface area contributed by atoms with E-state index in [1.807, 2.05) is 37.3 Å². The smallest absolute Gasteiger partial charge is 0.323 e. The third kappa shape index (κ3) is 1.99. The van der Waals surface area contributed by atoms with Gasteiger partial charge in [-0.3, -0.25) is 4.79 Å². The molecular formula is C11H13NO3. The highest BCUT2D eigenvalue weighted by atomic mass is 16.4. The Hall–Kier alpha value is -1.81. The molecule has 4 heteroatoms. The Morgan fingerprint density at radius 3 is 2.73 bits per heavy atom. The number of aliphatic carboxylic acids is 1. The van der Waals surface area contributed by atoms with Gasteiger partial charge in [0.25, 0.3) is 0 Å². The zero-order valence-electron chi connectivity index (χ0n) is 8.40. The summed E-state index contributed by atoms with van der Waals surface area (Å²) >= 11 is 0. The maximum atomic E-state index is 10.6. The molecule has 2 rings (SSSR count). The van der Waals surface area contributed by atoms with E-state index in [1.54, 1.807) is 4.57 Å². The lowest BCUT2D eigenvalue weighted by Crippen LogP contribution is -2.09. The summed E-state index contributed by atoms with van der Waals surface area (Å²) in [6.45, 7) is 1.95. The number of aryl methyl sites for hydroxylation is 1. The third-order valence-corrected chi connectivity index (χ3v) is 2.31. The highest BCUT2D eigenvalue weighted by Gasteiger charge is 2.07. The first-order valence-corrected chi connectivity index (χ1v) is 4.45. The molecule has 0 aliphatic rings. The number of carboxylic acids is 1. The highest BCUT2D eigenvalue weighted by Crippen LogP contribution is 2.18. The molecule has 0 unspecified atom stereocenters. The number of benzene rings is 1. The van der Waals surface area contributed by atoms with Gasteiger partial charge >= 0.3 is 5.97 Å². The second-order valence-electron chi connectivity index (χ2n) is 3.32. The number of nitrogens with zero attached hydrogens (tertiary/aromatic N) is 1. The fourth-order valence-corrected chi connectivity index (χ4v) is 1.69. The Balaban J connectivity index is 0.00000112. The number of hydrogen-bond donors (Lipinski definition) is 1. The number of rotatable bonds is 2. The largest absolute Gasteiger partial charge is 0.480 e. The normalized spacial score (nSPS) is 9.93. The first-order valence-electron chi connectivity index (χ1n) is 4.45. The van der Waals surface area contributed by atoms with Gasteiger partial charge < -0.3 is 15.1 Å². The van der Waals surface area contributed by atoms with E-state index in [0.717, 1.165) is 16.6 Å². The van der Waals surface area contributed by atoms with Crippen LogP contribution in [-0.2, 0) is 11.3 Å². The van der Waals surface area contributed by atoms with Crippen molar-refractivity contribution in [2.45, 2.75) is 13.5 Å². The molecule has 0 bridgehead atoms. The second-order valence-corrected chi connectivity index (χ2v) is 3.32. The summed E-state index contributed by atoms with van der Waals surface area (Å²) in [5.74, 6) is -0.811. The van der Waals surface area contributed by atoms with Gasteiger partial charge in [0, 0.05) is 11.2 Å². The number of carbonyl (C=O) groups is 1. The quantitative estimate of drug-likeness (QED) is 0.803. The van der Waals surface area contributed by atoms with Crippen molar-refractivity contribution >= 4 is 16.9 Å². The molecule has 0 atom stereocenters. The van der Waals surface area contributed by atoms with Crippen LogP contribution in [0.4, 0.5) is 0 Å². The summed E-state index contributed by atoms with van der Waals surface area (Å²) in [6.07, 6.45) is 0. The minimum atomic E-state index is -0.811. The van der Waals surface area contributed by atoms with Gasteiger partial charge in [-0.1, -0.05) is 18.2 Å². The third-order valence-electron chi connectivity index (χ3n) is 2.31. The van der Waals surface area contributed by atoms with Crippen molar-refractivity contribution in [3.63, 3.8) is 0 Å². The van der Waals surface area contributed by atoms with E-state index in [4.69, 9.17) is 5.11 Å². The number of hydrogen-bond acceptors (Lipinski definition) is 1. The maximum Gasteiger partial charge on any atom is 0.323 e. The number of carboxylic acid groups (broad SMARTS) is 1. The van der Waals surface area contributed by atoms with E-state index < -0.39 is 5.97 Å². The molecule has 0 saturated heterocycles. The van der Waals surface area contributed by atoms with E-state index in [1.165, 1.54) is 0 Å². The minimum Gasteiger partial charge on any atom is -0.480 e. The SMILES string of the molecule is Cc1cc2ccccc2n1CC(=O)O.O. The molecule has 0 aliphatic heterocycles. The summed E-state index contributed by atoms with van der Waals surface area (Å²) < 4.78 is 1.80. The lowest BCUT2D eigenvalue weighted by atomic mass is 10.2. The van der Waals surface area contributed by atoms with Crippen molar-refractivity contribution in [2.24, 2.45) is 0 Å². The molecule has 0 saturated carbocycles. The lowest BCUT2D eigenvalue weighted by molar-refractivity contribution is -0.137. The summed E-state index contributed by atoms with van der Waals surface area (Å²) in [6, 6.07) is 9.79. The van der Waals surface area contributed by atoms with Crippen LogP contribution in [0.25, 0.3) is 10.9 Å². The molecule has 4 nitrogen and oxygen atoms in total. The maximum absolute atomic E-state index is 10.6. The predicted octanol–water partition coefficient (Wildman–Crippen LogP) is 1.21. The first-order chi connectivity index (χ1) is 6.68. The van der Waals surface area contributed by atoms with Crippen LogP contribution in [0.2, 0.25) is 0 Å². The van der Waals surface area contributed by atoms with Crippen LogP contribution < -0.4 is 0 Å². The van der Waals surface area contributed by atoms with Crippen molar-refractivity contribution in [3.05, 3.63) is 36.0 Å². The Labute approximate surface area is 87.1 Å². The lowest BCUT2D eigenvalue weighted by Gasteiger charge is -2.03. The van der Waals surface area contributed by atoms with E-state index in [-0.39, 0.29) is 12.0 Å². The van der Waals surface area contributed by atoms with Crippen LogP contribution in [0.5, 0.6) is 0 Å². The molecule has 0 amide bonds. The molecule has 0 fully saturated rings. The van der Waals surface area contributed by atoms with E-state index >= 15 is 0 Å². The molecule has 80 valence electrons. The summed E-state index contributed by atoms with van der Waals surface area (Å²) in [4.78, 5) is 10.6. The predicted molar refractivity (Wildman–Crippen MR) is 57.9 cm³/mol. The first kappa shape index (κ1) is 11.3.